The number of amides is 2. The van der Waals surface area contributed by atoms with Crippen molar-refractivity contribution in [3.8, 4) is 5.75 Å². The Morgan fingerprint density at radius 3 is 2.26 bits per heavy atom. The quantitative estimate of drug-likeness (QED) is 0.431. The number of hydrogen-bond acceptors (Lipinski definition) is 3. The van der Waals surface area contributed by atoms with Crippen LogP contribution >= 0.6 is 23.2 Å². The fourth-order valence-corrected chi connectivity index (χ4v) is 4.27. The van der Waals surface area contributed by atoms with E-state index in [-0.39, 0.29) is 25.0 Å². The number of ether oxygens (including phenoxy) is 1. The summed E-state index contributed by atoms with van der Waals surface area (Å²) >= 11 is 12.5. The fourth-order valence-electron chi connectivity index (χ4n) is 3.80. The summed E-state index contributed by atoms with van der Waals surface area (Å²) in [5.41, 5.74) is 3.71. The van der Waals surface area contributed by atoms with Gasteiger partial charge in [-0.2, -0.15) is 0 Å². The van der Waals surface area contributed by atoms with Gasteiger partial charge >= 0.3 is 0 Å². The summed E-state index contributed by atoms with van der Waals surface area (Å²) in [6.07, 6.45) is 0.348. The average Bonchev–Trinajstić information content (AvgIpc) is 2.80. The number of carbonyl (C=O) groups excluding carboxylic acids is 2. The molecule has 0 aliphatic rings. The van der Waals surface area contributed by atoms with Crippen LogP contribution in [0.4, 0.5) is 0 Å². The minimum absolute atomic E-state index is 0.135. The first-order valence-corrected chi connectivity index (χ1v) is 11.7. The topological polar surface area (TPSA) is 58.6 Å². The van der Waals surface area contributed by atoms with Gasteiger partial charge in [0.05, 0.1) is 0 Å². The third kappa shape index (κ3) is 6.99. The van der Waals surface area contributed by atoms with Crippen LogP contribution in [-0.2, 0) is 22.6 Å². The van der Waals surface area contributed by atoms with Gasteiger partial charge in [-0.05, 0) is 60.4 Å². The smallest absolute Gasteiger partial charge is 0.261 e. The van der Waals surface area contributed by atoms with Crippen LogP contribution in [0.3, 0.4) is 0 Å². The van der Waals surface area contributed by atoms with E-state index in [1.807, 2.05) is 62.4 Å². The molecular formula is C27H28Cl2N2O3. The zero-order chi connectivity index (χ0) is 24.7. The van der Waals surface area contributed by atoms with Crippen molar-refractivity contribution in [2.45, 2.75) is 32.9 Å². The van der Waals surface area contributed by atoms with E-state index in [2.05, 4.69) is 5.32 Å². The largest absolute Gasteiger partial charge is 0.484 e. The second-order valence-electron chi connectivity index (χ2n) is 8.19. The third-order valence-electron chi connectivity index (χ3n) is 5.43. The first-order valence-electron chi connectivity index (χ1n) is 11.0. The number of rotatable bonds is 9. The molecule has 0 fully saturated rings. The Kier molecular flexibility index (Phi) is 8.97. The van der Waals surface area contributed by atoms with E-state index in [9.17, 15) is 9.59 Å². The normalized spacial score (nSPS) is 11.6. The Morgan fingerprint density at radius 2 is 1.65 bits per heavy atom. The second kappa shape index (κ2) is 11.9. The van der Waals surface area contributed by atoms with Gasteiger partial charge in [0, 0.05) is 30.1 Å². The lowest BCUT2D eigenvalue weighted by Gasteiger charge is -2.31. The number of nitrogens with one attached hydrogen (secondary N) is 1. The van der Waals surface area contributed by atoms with Crippen molar-refractivity contribution in [2.75, 3.05) is 13.7 Å². The standard InChI is InChI=1S/C27H28Cl2N2O3/c1-18-11-19(2)13-23(12-18)34-17-26(32)31(16-21-9-10-22(28)15-24(21)29)25(27(33)30-3)14-20-7-5-4-6-8-20/h4-13,15,25H,14,16-17H2,1-3H3,(H,30,33). The highest BCUT2D eigenvalue weighted by atomic mass is 35.5. The molecule has 34 heavy (non-hydrogen) atoms. The molecule has 0 bridgehead atoms. The van der Waals surface area contributed by atoms with Crippen LogP contribution in [0.15, 0.2) is 66.7 Å². The van der Waals surface area contributed by atoms with Crippen LogP contribution in [0.2, 0.25) is 10.0 Å². The van der Waals surface area contributed by atoms with Gasteiger partial charge in [-0.25, -0.2) is 0 Å². The Bertz CT molecular complexity index is 1130. The van der Waals surface area contributed by atoms with Crippen molar-refractivity contribution >= 4 is 35.0 Å². The minimum Gasteiger partial charge on any atom is -0.484 e. The Labute approximate surface area is 210 Å². The number of carbonyl (C=O) groups is 2. The van der Waals surface area contributed by atoms with Gasteiger partial charge in [0.25, 0.3) is 5.91 Å². The number of halogens is 2. The fraction of sp³-hybridized carbons (Fsp3) is 0.259. The molecule has 0 aromatic heterocycles. The van der Waals surface area contributed by atoms with Crippen molar-refractivity contribution in [2.24, 2.45) is 0 Å². The Morgan fingerprint density at radius 1 is 0.971 bits per heavy atom. The molecule has 0 saturated carbocycles. The molecular weight excluding hydrogens is 471 g/mol. The monoisotopic (exact) mass is 498 g/mol. The zero-order valence-corrected chi connectivity index (χ0v) is 21.0. The molecule has 5 nitrogen and oxygen atoms in total. The summed E-state index contributed by atoms with van der Waals surface area (Å²) in [5, 5.41) is 3.62. The number of hydrogen-bond donors (Lipinski definition) is 1. The van der Waals surface area contributed by atoms with E-state index in [0.717, 1.165) is 16.7 Å². The highest BCUT2D eigenvalue weighted by molar-refractivity contribution is 6.35. The van der Waals surface area contributed by atoms with Crippen molar-refractivity contribution in [1.29, 1.82) is 0 Å². The third-order valence-corrected chi connectivity index (χ3v) is 6.02. The van der Waals surface area contributed by atoms with Gasteiger partial charge in [0.2, 0.25) is 5.91 Å². The van der Waals surface area contributed by atoms with Crippen LogP contribution in [0.1, 0.15) is 22.3 Å². The lowest BCUT2D eigenvalue weighted by Crippen LogP contribution is -2.51. The highest BCUT2D eigenvalue weighted by Gasteiger charge is 2.30. The van der Waals surface area contributed by atoms with Gasteiger partial charge in [0.1, 0.15) is 11.8 Å². The first kappa shape index (κ1) is 25.6. The second-order valence-corrected chi connectivity index (χ2v) is 9.03. The molecule has 178 valence electrons. The van der Waals surface area contributed by atoms with Crippen LogP contribution < -0.4 is 10.1 Å². The molecule has 3 rings (SSSR count). The highest BCUT2D eigenvalue weighted by Crippen LogP contribution is 2.24. The summed E-state index contributed by atoms with van der Waals surface area (Å²) in [7, 11) is 1.56. The number of aryl methyl sites for hydroxylation is 2. The summed E-state index contributed by atoms with van der Waals surface area (Å²) in [6, 6.07) is 19.7. The molecule has 1 unspecified atom stereocenters. The molecule has 0 heterocycles. The van der Waals surface area contributed by atoms with E-state index >= 15 is 0 Å². The molecule has 0 aliphatic heterocycles. The molecule has 0 saturated heterocycles. The van der Waals surface area contributed by atoms with Gasteiger partial charge in [0.15, 0.2) is 6.61 Å². The summed E-state index contributed by atoms with van der Waals surface area (Å²) < 4.78 is 5.83. The zero-order valence-electron chi connectivity index (χ0n) is 19.5. The number of likely N-dealkylation sites (N-methyl/N-ethyl adjacent to an activating group) is 1. The van der Waals surface area contributed by atoms with Gasteiger partial charge in [-0.3, -0.25) is 9.59 Å². The number of nitrogens with zero attached hydrogens (tertiary/aromatic N) is 1. The lowest BCUT2D eigenvalue weighted by molar-refractivity contribution is -0.142. The molecule has 1 atom stereocenters. The van der Waals surface area contributed by atoms with Crippen molar-refractivity contribution < 1.29 is 14.3 Å². The van der Waals surface area contributed by atoms with Crippen molar-refractivity contribution in [1.82, 2.24) is 10.2 Å². The summed E-state index contributed by atoms with van der Waals surface area (Å²) in [4.78, 5) is 27.9. The Balaban J connectivity index is 1.91. The van der Waals surface area contributed by atoms with Crippen molar-refractivity contribution in [3.63, 3.8) is 0 Å². The Hall–Kier alpha value is -3.02. The lowest BCUT2D eigenvalue weighted by atomic mass is 10.0. The molecule has 3 aromatic carbocycles. The minimum atomic E-state index is -0.755. The molecule has 0 radical (unpaired) electrons. The molecule has 7 heteroatoms. The van der Waals surface area contributed by atoms with Crippen LogP contribution in [0, 0.1) is 13.8 Å². The van der Waals surface area contributed by atoms with E-state index in [0.29, 0.717) is 27.8 Å². The number of benzene rings is 3. The molecule has 1 N–H and O–H groups in total. The maximum absolute atomic E-state index is 13.5. The molecule has 0 spiro atoms. The van der Waals surface area contributed by atoms with E-state index in [4.69, 9.17) is 27.9 Å². The van der Waals surface area contributed by atoms with Gasteiger partial charge in [-0.1, -0.05) is 65.7 Å². The SMILES string of the molecule is CNC(=O)C(Cc1ccccc1)N(Cc1ccc(Cl)cc1Cl)C(=O)COc1cc(C)cc(C)c1. The predicted octanol–water partition coefficient (Wildman–Crippen LogP) is 5.38. The maximum atomic E-state index is 13.5. The average molecular weight is 499 g/mol. The molecule has 0 aliphatic carbocycles. The summed E-state index contributed by atoms with van der Waals surface area (Å²) in [5.74, 6) is 0.0123. The molecule has 2 amide bonds. The van der Waals surface area contributed by atoms with E-state index < -0.39 is 6.04 Å². The van der Waals surface area contributed by atoms with E-state index in [1.54, 1.807) is 25.2 Å². The predicted molar refractivity (Wildman–Crippen MR) is 136 cm³/mol. The van der Waals surface area contributed by atoms with Crippen LogP contribution in [0.5, 0.6) is 5.75 Å². The maximum Gasteiger partial charge on any atom is 0.261 e. The van der Waals surface area contributed by atoms with Gasteiger partial charge in [-0.15, -0.1) is 0 Å². The van der Waals surface area contributed by atoms with Gasteiger partial charge < -0.3 is 15.0 Å². The van der Waals surface area contributed by atoms with Crippen LogP contribution in [0.25, 0.3) is 0 Å². The van der Waals surface area contributed by atoms with Crippen LogP contribution in [-0.4, -0.2) is 36.4 Å². The molecule has 3 aromatic rings. The summed E-state index contributed by atoms with van der Waals surface area (Å²) in [6.45, 7) is 3.86. The first-order chi connectivity index (χ1) is 16.3. The van der Waals surface area contributed by atoms with E-state index in [1.165, 1.54) is 4.90 Å². The van der Waals surface area contributed by atoms with Crippen molar-refractivity contribution in [3.05, 3.63) is 99.0 Å².